The minimum Gasteiger partial charge on any atom is -0.336 e. The summed E-state index contributed by atoms with van der Waals surface area (Å²) in [6.07, 6.45) is 3.02. The van der Waals surface area contributed by atoms with Gasteiger partial charge in [-0.25, -0.2) is 9.67 Å². The third-order valence-corrected chi connectivity index (χ3v) is 7.37. The molecule has 1 saturated carbocycles. The molecule has 1 aliphatic carbocycles. The number of aryl methyl sites for hydroxylation is 3. The van der Waals surface area contributed by atoms with Crippen molar-refractivity contribution in [3.05, 3.63) is 75.4 Å². The van der Waals surface area contributed by atoms with Crippen molar-refractivity contribution in [3.8, 4) is 11.1 Å². The lowest BCUT2D eigenvalue weighted by Crippen LogP contribution is -2.41. The molecule has 1 fully saturated rings. The van der Waals surface area contributed by atoms with E-state index in [4.69, 9.17) is 0 Å². The van der Waals surface area contributed by atoms with E-state index in [0.717, 1.165) is 45.8 Å². The fraction of sp³-hybridized carbons (Fsp3) is 0.393. The zero-order valence-electron chi connectivity index (χ0n) is 21.0. The van der Waals surface area contributed by atoms with E-state index in [-0.39, 0.29) is 18.0 Å². The molecule has 3 aromatic heterocycles. The Bertz CT molecular complexity index is 1560. The second kappa shape index (κ2) is 8.69. The molecule has 0 N–H and O–H groups in total. The molecule has 6 rings (SSSR count). The van der Waals surface area contributed by atoms with E-state index in [1.54, 1.807) is 4.68 Å². The second-order valence-corrected chi connectivity index (χ2v) is 10.1. The fourth-order valence-electron chi connectivity index (χ4n) is 5.31. The van der Waals surface area contributed by atoms with Crippen molar-refractivity contribution in [3.63, 3.8) is 0 Å². The Hall–Kier alpha value is -3.81. The largest absolute Gasteiger partial charge is 0.336 e. The van der Waals surface area contributed by atoms with Crippen LogP contribution in [0.1, 0.15) is 41.4 Å². The van der Waals surface area contributed by atoms with E-state index in [9.17, 15) is 9.59 Å². The Morgan fingerprint density at radius 2 is 1.89 bits per heavy atom. The Balaban J connectivity index is 1.40. The molecule has 0 saturated heterocycles. The topological polar surface area (TPSA) is 85.9 Å². The molecule has 0 unspecified atom stereocenters. The van der Waals surface area contributed by atoms with Crippen molar-refractivity contribution < 1.29 is 4.79 Å². The molecule has 2 aliphatic rings. The first kappa shape index (κ1) is 22.6. The lowest BCUT2D eigenvalue weighted by Gasteiger charge is -2.31. The van der Waals surface area contributed by atoms with Crippen LogP contribution in [0.15, 0.2) is 41.2 Å². The lowest BCUT2D eigenvalue weighted by molar-refractivity contribution is -0.133. The SMILES string of the molecule is Cc1ccc2c(-c3cc4c(n(CC5CC5)c3=O)CCN(C(=O)Cn3nc(C)nc3C)C4)cccc2n1. The zero-order valence-corrected chi connectivity index (χ0v) is 21.0. The summed E-state index contributed by atoms with van der Waals surface area (Å²) in [5.74, 6) is 1.98. The van der Waals surface area contributed by atoms with Crippen LogP contribution >= 0.6 is 0 Å². The molecule has 1 amide bonds. The van der Waals surface area contributed by atoms with Crippen molar-refractivity contribution in [1.82, 2.24) is 29.2 Å². The molecule has 0 atom stereocenters. The summed E-state index contributed by atoms with van der Waals surface area (Å²) in [5, 5.41) is 5.32. The molecule has 0 spiro atoms. The first-order chi connectivity index (χ1) is 17.4. The van der Waals surface area contributed by atoms with Crippen molar-refractivity contribution >= 4 is 16.8 Å². The van der Waals surface area contributed by atoms with E-state index in [2.05, 4.69) is 21.1 Å². The number of amides is 1. The highest BCUT2D eigenvalue weighted by atomic mass is 16.2. The summed E-state index contributed by atoms with van der Waals surface area (Å²) < 4.78 is 3.66. The van der Waals surface area contributed by atoms with Gasteiger partial charge in [0.25, 0.3) is 5.56 Å². The summed E-state index contributed by atoms with van der Waals surface area (Å²) >= 11 is 0. The summed E-state index contributed by atoms with van der Waals surface area (Å²) in [6, 6.07) is 12.0. The Morgan fingerprint density at radius 3 is 2.64 bits per heavy atom. The number of rotatable bonds is 5. The van der Waals surface area contributed by atoms with Crippen LogP contribution in [-0.2, 0) is 30.8 Å². The molecule has 0 bridgehead atoms. The van der Waals surface area contributed by atoms with Gasteiger partial charge in [0.2, 0.25) is 5.91 Å². The van der Waals surface area contributed by atoms with Crippen molar-refractivity contribution in [1.29, 1.82) is 0 Å². The summed E-state index contributed by atoms with van der Waals surface area (Å²) in [5.41, 5.74) is 5.59. The second-order valence-electron chi connectivity index (χ2n) is 10.1. The molecule has 184 valence electrons. The number of hydrogen-bond donors (Lipinski definition) is 0. The van der Waals surface area contributed by atoms with Gasteiger partial charge < -0.3 is 9.47 Å². The predicted molar refractivity (Wildman–Crippen MR) is 138 cm³/mol. The quantitative estimate of drug-likeness (QED) is 0.434. The van der Waals surface area contributed by atoms with Crippen LogP contribution in [0.25, 0.3) is 22.0 Å². The van der Waals surface area contributed by atoms with Crippen molar-refractivity contribution in [2.45, 2.75) is 59.7 Å². The van der Waals surface area contributed by atoms with E-state index >= 15 is 0 Å². The van der Waals surface area contributed by atoms with Crippen LogP contribution in [0.2, 0.25) is 0 Å². The highest BCUT2D eigenvalue weighted by molar-refractivity contribution is 5.94. The molecular formula is C28H30N6O2. The third kappa shape index (κ3) is 4.10. The third-order valence-electron chi connectivity index (χ3n) is 7.37. The van der Waals surface area contributed by atoms with Gasteiger partial charge in [-0.1, -0.05) is 18.2 Å². The first-order valence-electron chi connectivity index (χ1n) is 12.7. The van der Waals surface area contributed by atoms with Gasteiger partial charge in [0.05, 0.1) is 5.52 Å². The number of aromatic nitrogens is 5. The van der Waals surface area contributed by atoms with E-state index in [1.807, 2.05) is 60.6 Å². The highest BCUT2D eigenvalue weighted by Crippen LogP contribution is 2.33. The number of benzene rings is 1. The van der Waals surface area contributed by atoms with Crippen LogP contribution in [0.3, 0.4) is 0 Å². The van der Waals surface area contributed by atoms with Gasteiger partial charge in [0.1, 0.15) is 18.2 Å². The van der Waals surface area contributed by atoms with Crippen LogP contribution in [0.5, 0.6) is 0 Å². The smallest absolute Gasteiger partial charge is 0.258 e. The Labute approximate surface area is 209 Å². The average Bonchev–Trinajstić information content (AvgIpc) is 3.62. The number of nitrogens with zero attached hydrogens (tertiary/aromatic N) is 6. The zero-order chi connectivity index (χ0) is 25.0. The molecule has 4 heterocycles. The summed E-state index contributed by atoms with van der Waals surface area (Å²) in [6.45, 7) is 7.67. The van der Waals surface area contributed by atoms with E-state index < -0.39 is 0 Å². The molecule has 0 radical (unpaired) electrons. The molecule has 4 aromatic rings. The molecule has 36 heavy (non-hydrogen) atoms. The average molecular weight is 483 g/mol. The minimum atomic E-state index is 0.0139. The molecule has 1 aromatic carbocycles. The molecule has 8 nitrogen and oxygen atoms in total. The fourth-order valence-corrected chi connectivity index (χ4v) is 5.31. The van der Waals surface area contributed by atoms with Gasteiger partial charge in [-0.2, -0.15) is 5.10 Å². The van der Waals surface area contributed by atoms with Crippen molar-refractivity contribution in [2.24, 2.45) is 5.92 Å². The number of pyridine rings is 2. The number of hydrogen-bond acceptors (Lipinski definition) is 5. The highest BCUT2D eigenvalue weighted by Gasteiger charge is 2.29. The van der Waals surface area contributed by atoms with E-state index in [1.165, 1.54) is 12.8 Å². The maximum Gasteiger partial charge on any atom is 0.258 e. The predicted octanol–water partition coefficient (Wildman–Crippen LogP) is 3.58. The maximum absolute atomic E-state index is 13.9. The van der Waals surface area contributed by atoms with Crippen LogP contribution in [0.4, 0.5) is 0 Å². The first-order valence-corrected chi connectivity index (χ1v) is 12.7. The van der Waals surface area contributed by atoms with Gasteiger partial charge in [-0.05, 0) is 68.9 Å². The minimum absolute atomic E-state index is 0.0139. The summed E-state index contributed by atoms with van der Waals surface area (Å²) in [7, 11) is 0. The Morgan fingerprint density at radius 1 is 1.06 bits per heavy atom. The Kier molecular flexibility index (Phi) is 5.47. The number of fused-ring (bicyclic) bond motifs is 2. The number of carbonyl (C=O) groups excluding carboxylic acids is 1. The van der Waals surface area contributed by atoms with Gasteiger partial charge in [-0.15, -0.1) is 0 Å². The normalized spacial score (nSPS) is 15.4. The standard InChI is InChI=1S/C28H30N6O2/c1-17-7-10-23-22(5-4-6-25(23)29-17)24-13-21-15-32(27(35)16-34-19(3)30-18(2)31-34)12-11-26(21)33(28(24)36)14-20-8-9-20/h4-7,10,13,20H,8-9,11-12,14-16H2,1-3H3. The van der Waals surface area contributed by atoms with Crippen LogP contribution in [0, 0.1) is 26.7 Å². The van der Waals surface area contributed by atoms with Crippen LogP contribution in [-0.4, -0.2) is 41.7 Å². The van der Waals surface area contributed by atoms with Gasteiger partial charge in [-0.3, -0.25) is 14.6 Å². The van der Waals surface area contributed by atoms with Gasteiger partial charge in [0, 0.05) is 48.4 Å². The van der Waals surface area contributed by atoms with Crippen LogP contribution < -0.4 is 5.56 Å². The maximum atomic E-state index is 13.9. The van der Waals surface area contributed by atoms with Crippen molar-refractivity contribution in [2.75, 3.05) is 6.54 Å². The lowest BCUT2D eigenvalue weighted by atomic mass is 9.96. The number of carbonyl (C=O) groups is 1. The molecule has 1 aliphatic heterocycles. The monoisotopic (exact) mass is 482 g/mol. The summed E-state index contributed by atoms with van der Waals surface area (Å²) in [4.78, 5) is 37.9. The van der Waals surface area contributed by atoms with Gasteiger partial charge >= 0.3 is 0 Å². The van der Waals surface area contributed by atoms with E-state index in [0.29, 0.717) is 36.8 Å². The van der Waals surface area contributed by atoms with Gasteiger partial charge in [0.15, 0.2) is 0 Å². The molecular weight excluding hydrogens is 452 g/mol. The molecule has 8 heteroatoms.